The molecule has 2 N–H and O–H groups in total. The lowest BCUT2D eigenvalue weighted by Gasteiger charge is -2.10. The van der Waals surface area contributed by atoms with Gasteiger partial charge in [-0.1, -0.05) is 12.1 Å². The second-order valence-electron chi connectivity index (χ2n) is 3.91. The summed E-state index contributed by atoms with van der Waals surface area (Å²) in [6.45, 7) is 0. The number of hydrogen-bond donors (Lipinski definition) is 2. The first-order valence-electron chi connectivity index (χ1n) is 5.41. The Morgan fingerprint density at radius 3 is 2.58 bits per heavy atom. The molecule has 2 rings (SSSR count). The van der Waals surface area contributed by atoms with Crippen LogP contribution in [0, 0.1) is 11.3 Å². The van der Waals surface area contributed by atoms with Crippen molar-refractivity contribution in [1.29, 1.82) is 5.26 Å². The van der Waals surface area contributed by atoms with E-state index < -0.39 is 11.9 Å². The fraction of sp³-hybridized carbons (Fsp3) is 0.154. The highest BCUT2D eigenvalue weighted by Gasteiger charge is 2.21. The molecule has 0 saturated heterocycles. The molecular formula is C13H12ClN3O2. The topological polar surface area (TPSA) is 89.8 Å². The Hall–Kier alpha value is -2.32. The average Bonchev–Trinajstić information content (AvgIpc) is 2.90. The van der Waals surface area contributed by atoms with Crippen LogP contribution in [0.5, 0.6) is 0 Å². The Bertz CT molecular complexity index is 573. The first-order valence-corrected chi connectivity index (χ1v) is 5.41. The smallest absolute Gasteiger partial charge is 0.312 e. The summed E-state index contributed by atoms with van der Waals surface area (Å²) < 4.78 is 0. The van der Waals surface area contributed by atoms with Crippen molar-refractivity contribution in [3.05, 3.63) is 53.6 Å². The minimum Gasteiger partial charge on any atom is -0.481 e. The molecule has 5 nitrogen and oxygen atoms in total. The molecule has 1 aromatic carbocycles. The minimum absolute atomic E-state index is 0. The number of imidazole rings is 1. The van der Waals surface area contributed by atoms with Crippen LogP contribution in [0.1, 0.15) is 22.7 Å². The van der Waals surface area contributed by atoms with Crippen molar-refractivity contribution in [3.8, 4) is 6.07 Å². The summed E-state index contributed by atoms with van der Waals surface area (Å²) in [5.41, 5.74) is 2.01. The molecule has 1 aromatic heterocycles. The van der Waals surface area contributed by atoms with Gasteiger partial charge >= 0.3 is 5.97 Å². The van der Waals surface area contributed by atoms with E-state index in [0.29, 0.717) is 17.7 Å². The maximum atomic E-state index is 11.2. The molecule has 0 aliphatic carbocycles. The van der Waals surface area contributed by atoms with Gasteiger partial charge in [0, 0.05) is 11.9 Å². The standard InChI is InChI=1S/C13H11N3O2.ClH/c14-6-10-3-1-9(2-4-10)5-11(13(17)18)12-7-15-8-16-12;/h1-4,7-8,11H,5H2,(H,15,16)(H,17,18);1H. The molecule has 0 bridgehead atoms. The van der Waals surface area contributed by atoms with E-state index in [1.54, 1.807) is 24.3 Å². The van der Waals surface area contributed by atoms with Gasteiger partial charge in [-0.2, -0.15) is 5.26 Å². The van der Waals surface area contributed by atoms with Gasteiger partial charge in [0.15, 0.2) is 0 Å². The molecular weight excluding hydrogens is 266 g/mol. The number of aliphatic carboxylic acids is 1. The quantitative estimate of drug-likeness (QED) is 0.895. The van der Waals surface area contributed by atoms with Gasteiger partial charge in [0.05, 0.1) is 18.0 Å². The number of nitrogens with zero attached hydrogens (tertiary/aromatic N) is 2. The van der Waals surface area contributed by atoms with Crippen LogP contribution in [0.15, 0.2) is 36.8 Å². The highest BCUT2D eigenvalue weighted by Crippen LogP contribution is 2.19. The molecule has 0 fully saturated rings. The Balaban J connectivity index is 0.00000180. The Labute approximate surface area is 116 Å². The van der Waals surface area contributed by atoms with E-state index in [-0.39, 0.29) is 12.4 Å². The first-order chi connectivity index (χ1) is 8.70. The number of benzene rings is 1. The van der Waals surface area contributed by atoms with Crippen molar-refractivity contribution in [1.82, 2.24) is 9.97 Å². The molecule has 19 heavy (non-hydrogen) atoms. The van der Waals surface area contributed by atoms with E-state index in [2.05, 4.69) is 9.97 Å². The SMILES string of the molecule is Cl.N#Cc1ccc(CC(C(=O)O)c2cnc[nH]2)cc1. The molecule has 1 atom stereocenters. The van der Waals surface area contributed by atoms with E-state index in [1.165, 1.54) is 12.5 Å². The monoisotopic (exact) mass is 277 g/mol. The lowest BCUT2D eigenvalue weighted by Crippen LogP contribution is -2.14. The summed E-state index contributed by atoms with van der Waals surface area (Å²) in [5.74, 6) is -1.55. The molecule has 1 unspecified atom stereocenters. The number of carboxylic acid groups (broad SMARTS) is 1. The maximum Gasteiger partial charge on any atom is 0.312 e. The normalized spacial score (nSPS) is 11.1. The predicted octanol–water partition coefficient (Wildman–Crippen LogP) is 2.11. The first kappa shape index (κ1) is 14.7. The van der Waals surface area contributed by atoms with Gasteiger partial charge < -0.3 is 10.1 Å². The lowest BCUT2D eigenvalue weighted by molar-refractivity contribution is -0.138. The van der Waals surface area contributed by atoms with Crippen LogP contribution in [-0.4, -0.2) is 21.0 Å². The van der Waals surface area contributed by atoms with E-state index in [9.17, 15) is 9.90 Å². The number of carbonyl (C=O) groups is 1. The number of nitrogens with one attached hydrogen (secondary N) is 1. The second kappa shape index (κ2) is 6.57. The molecule has 6 heteroatoms. The third-order valence-electron chi connectivity index (χ3n) is 2.72. The largest absolute Gasteiger partial charge is 0.481 e. The number of H-pyrrole nitrogens is 1. The number of hydrogen-bond acceptors (Lipinski definition) is 3. The van der Waals surface area contributed by atoms with Gasteiger partial charge in [-0.05, 0) is 24.1 Å². The zero-order valence-electron chi connectivity index (χ0n) is 9.91. The van der Waals surface area contributed by atoms with Crippen molar-refractivity contribution in [2.75, 3.05) is 0 Å². The van der Waals surface area contributed by atoms with E-state index in [0.717, 1.165) is 5.56 Å². The fourth-order valence-corrected chi connectivity index (χ4v) is 1.74. The van der Waals surface area contributed by atoms with Crippen molar-refractivity contribution in [2.24, 2.45) is 0 Å². The number of carboxylic acids is 1. The van der Waals surface area contributed by atoms with Crippen LogP contribution in [0.4, 0.5) is 0 Å². The third-order valence-corrected chi connectivity index (χ3v) is 2.72. The molecule has 0 radical (unpaired) electrons. The van der Waals surface area contributed by atoms with Gasteiger partial charge in [-0.15, -0.1) is 12.4 Å². The zero-order valence-corrected chi connectivity index (χ0v) is 10.7. The van der Waals surface area contributed by atoms with Crippen LogP contribution in [0.2, 0.25) is 0 Å². The molecule has 2 aromatic rings. The molecule has 0 spiro atoms. The van der Waals surface area contributed by atoms with Crippen LogP contribution in [-0.2, 0) is 11.2 Å². The third kappa shape index (κ3) is 3.57. The number of rotatable bonds is 4. The fourth-order valence-electron chi connectivity index (χ4n) is 1.74. The second-order valence-corrected chi connectivity index (χ2v) is 3.91. The average molecular weight is 278 g/mol. The van der Waals surface area contributed by atoms with Crippen LogP contribution in [0.3, 0.4) is 0 Å². The van der Waals surface area contributed by atoms with Crippen molar-refractivity contribution in [2.45, 2.75) is 12.3 Å². The molecule has 1 heterocycles. The Kier molecular flexibility index (Phi) is 5.10. The van der Waals surface area contributed by atoms with E-state index in [4.69, 9.17) is 5.26 Å². The number of halogens is 1. The molecule has 0 aliphatic rings. The zero-order chi connectivity index (χ0) is 13.0. The number of aromatic nitrogens is 2. The summed E-state index contributed by atoms with van der Waals surface area (Å²) in [7, 11) is 0. The number of aromatic amines is 1. The summed E-state index contributed by atoms with van der Waals surface area (Å²) >= 11 is 0. The van der Waals surface area contributed by atoms with Crippen molar-refractivity contribution >= 4 is 18.4 Å². The highest BCUT2D eigenvalue weighted by molar-refractivity contribution is 5.85. The summed E-state index contributed by atoms with van der Waals surface area (Å²) in [6, 6.07) is 8.93. The lowest BCUT2D eigenvalue weighted by atomic mass is 9.96. The molecule has 98 valence electrons. The van der Waals surface area contributed by atoms with Gasteiger partial charge in [0.2, 0.25) is 0 Å². The molecule has 0 saturated carbocycles. The summed E-state index contributed by atoms with van der Waals surface area (Å²) in [6.07, 6.45) is 3.34. The Morgan fingerprint density at radius 2 is 2.11 bits per heavy atom. The summed E-state index contributed by atoms with van der Waals surface area (Å²) in [5, 5.41) is 17.9. The molecule has 0 amide bonds. The van der Waals surface area contributed by atoms with E-state index in [1.807, 2.05) is 6.07 Å². The number of nitriles is 1. The van der Waals surface area contributed by atoms with Crippen LogP contribution >= 0.6 is 12.4 Å². The Morgan fingerprint density at radius 1 is 1.42 bits per heavy atom. The predicted molar refractivity (Wildman–Crippen MR) is 71.1 cm³/mol. The van der Waals surface area contributed by atoms with Gasteiger partial charge in [-0.25, -0.2) is 4.98 Å². The maximum absolute atomic E-state index is 11.2. The highest BCUT2D eigenvalue weighted by atomic mass is 35.5. The summed E-state index contributed by atoms with van der Waals surface area (Å²) in [4.78, 5) is 17.9. The minimum atomic E-state index is -0.899. The van der Waals surface area contributed by atoms with Crippen molar-refractivity contribution in [3.63, 3.8) is 0 Å². The van der Waals surface area contributed by atoms with Crippen LogP contribution < -0.4 is 0 Å². The van der Waals surface area contributed by atoms with Gasteiger partial charge in [-0.3, -0.25) is 4.79 Å². The van der Waals surface area contributed by atoms with Crippen LogP contribution in [0.25, 0.3) is 0 Å². The van der Waals surface area contributed by atoms with E-state index >= 15 is 0 Å². The molecule has 0 aliphatic heterocycles. The van der Waals surface area contributed by atoms with Gasteiger partial charge in [0.1, 0.15) is 5.92 Å². The van der Waals surface area contributed by atoms with Crippen molar-refractivity contribution < 1.29 is 9.90 Å². The van der Waals surface area contributed by atoms with Gasteiger partial charge in [0.25, 0.3) is 0 Å².